The van der Waals surface area contributed by atoms with Crippen molar-refractivity contribution in [3.05, 3.63) is 35.9 Å². The summed E-state index contributed by atoms with van der Waals surface area (Å²) in [5.41, 5.74) is 1.36. The molecule has 0 aromatic heterocycles. The summed E-state index contributed by atoms with van der Waals surface area (Å²) in [7, 11) is 1.73. The molecule has 1 aromatic rings. The summed E-state index contributed by atoms with van der Waals surface area (Å²) >= 11 is 0. The summed E-state index contributed by atoms with van der Waals surface area (Å²) < 4.78 is 10.9. The molecule has 0 saturated carbocycles. The number of nitrogens with zero attached hydrogens (tertiary/aromatic N) is 1. The van der Waals surface area contributed by atoms with Gasteiger partial charge >= 0.3 is 0 Å². The molecule has 0 spiro atoms. The minimum atomic E-state index is 0.208. The Labute approximate surface area is 103 Å². The lowest BCUT2D eigenvalue weighted by atomic mass is 10.1. The van der Waals surface area contributed by atoms with E-state index in [0.717, 1.165) is 19.7 Å². The topological polar surface area (TPSA) is 21.7 Å². The van der Waals surface area contributed by atoms with Gasteiger partial charge in [-0.05, 0) is 12.5 Å². The average Bonchev–Trinajstić information content (AvgIpc) is 2.35. The molecule has 3 nitrogen and oxygen atoms in total. The summed E-state index contributed by atoms with van der Waals surface area (Å²) in [6.07, 6.45) is 0.208. The molecule has 1 saturated heterocycles. The number of hydrogen-bond donors (Lipinski definition) is 0. The predicted octanol–water partition coefficient (Wildman–Crippen LogP) is 1.92. The van der Waals surface area contributed by atoms with E-state index in [1.165, 1.54) is 5.56 Å². The molecule has 0 amide bonds. The van der Waals surface area contributed by atoms with Crippen LogP contribution in [-0.4, -0.2) is 43.9 Å². The predicted molar refractivity (Wildman–Crippen MR) is 67.9 cm³/mol. The van der Waals surface area contributed by atoms with Gasteiger partial charge in [0.05, 0.1) is 19.3 Å². The quantitative estimate of drug-likeness (QED) is 0.796. The van der Waals surface area contributed by atoms with Gasteiger partial charge in [-0.25, -0.2) is 0 Å². The third-order valence-corrected chi connectivity index (χ3v) is 3.22. The maximum atomic E-state index is 5.73. The molecule has 0 bridgehead atoms. The third-order valence-electron chi connectivity index (χ3n) is 3.22. The van der Waals surface area contributed by atoms with Crippen LogP contribution in [0.25, 0.3) is 0 Å². The second-order valence-corrected chi connectivity index (χ2v) is 4.67. The summed E-state index contributed by atoms with van der Waals surface area (Å²) in [6.45, 7) is 5.63. The van der Waals surface area contributed by atoms with Gasteiger partial charge in [0, 0.05) is 26.2 Å². The van der Waals surface area contributed by atoms with E-state index in [9.17, 15) is 0 Å². The maximum absolute atomic E-state index is 5.73. The minimum absolute atomic E-state index is 0.208. The molecular weight excluding hydrogens is 214 g/mol. The molecule has 2 rings (SSSR count). The standard InChI is InChI=1S/C14H21NO2/c1-12-10-17-14(11-16-2)9-15(12)8-13-6-4-3-5-7-13/h3-7,12,14H,8-11H2,1-2H3. The zero-order valence-electron chi connectivity index (χ0n) is 10.6. The van der Waals surface area contributed by atoms with E-state index in [-0.39, 0.29) is 6.10 Å². The van der Waals surface area contributed by atoms with Gasteiger partial charge in [0.25, 0.3) is 0 Å². The SMILES string of the molecule is COCC1CN(Cc2ccccc2)C(C)CO1. The Kier molecular flexibility index (Phi) is 4.54. The second kappa shape index (κ2) is 6.15. The van der Waals surface area contributed by atoms with Crippen molar-refractivity contribution < 1.29 is 9.47 Å². The van der Waals surface area contributed by atoms with Gasteiger partial charge in [0.15, 0.2) is 0 Å². The third kappa shape index (κ3) is 3.53. The van der Waals surface area contributed by atoms with E-state index in [1.807, 2.05) is 0 Å². The molecule has 2 atom stereocenters. The molecule has 0 N–H and O–H groups in total. The lowest BCUT2D eigenvalue weighted by Crippen LogP contribution is -2.49. The van der Waals surface area contributed by atoms with Crippen LogP contribution >= 0.6 is 0 Å². The van der Waals surface area contributed by atoms with Gasteiger partial charge in [0.1, 0.15) is 0 Å². The van der Waals surface area contributed by atoms with E-state index in [0.29, 0.717) is 12.6 Å². The summed E-state index contributed by atoms with van der Waals surface area (Å²) in [4.78, 5) is 2.46. The Hall–Kier alpha value is -0.900. The summed E-state index contributed by atoms with van der Waals surface area (Å²) in [5.74, 6) is 0. The van der Waals surface area contributed by atoms with Crippen LogP contribution in [-0.2, 0) is 16.0 Å². The van der Waals surface area contributed by atoms with Crippen molar-refractivity contribution in [3.63, 3.8) is 0 Å². The molecule has 1 aromatic carbocycles. The van der Waals surface area contributed by atoms with Crippen LogP contribution in [0.2, 0.25) is 0 Å². The van der Waals surface area contributed by atoms with Gasteiger partial charge in [-0.15, -0.1) is 0 Å². The molecule has 17 heavy (non-hydrogen) atoms. The summed E-state index contributed by atoms with van der Waals surface area (Å²) in [5, 5.41) is 0. The highest BCUT2D eigenvalue weighted by Gasteiger charge is 2.25. The van der Waals surface area contributed by atoms with Crippen LogP contribution in [0.3, 0.4) is 0 Å². The van der Waals surface area contributed by atoms with E-state index in [2.05, 4.69) is 42.2 Å². The molecule has 0 radical (unpaired) electrons. The Morgan fingerprint density at radius 2 is 2.12 bits per heavy atom. The monoisotopic (exact) mass is 235 g/mol. The van der Waals surface area contributed by atoms with Crippen LogP contribution in [0.4, 0.5) is 0 Å². The summed E-state index contributed by atoms with van der Waals surface area (Å²) in [6, 6.07) is 11.1. The largest absolute Gasteiger partial charge is 0.382 e. The van der Waals surface area contributed by atoms with E-state index < -0.39 is 0 Å². The fourth-order valence-corrected chi connectivity index (χ4v) is 2.20. The molecule has 1 heterocycles. The molecular formula is C14H21NO2. The van der Waals surface area contributed by atoms with Crippen molar-refractivity contribution in [3.8, 4) is 0 Å². The second-order valence-electron chi connectivity index (χ2n) is 4.67. The molecule has 1 aliphatic rings. The highest BCUT2D eigenvalue weighted by atomic mass is 16.5. The Morgan fingerprint density at radius 3 is 2.82 bits per heavy atom. The van der Waals surface area contributed by atoms with Crippen LogP contribution in [0.1, 0.15) is 12.5 Å². The number of benzene rings is 1. The minimum Gasteiger partial charge on any atom is -0.382 e. The molecule has 2 unspecified atom stereocenters. The first-order valence-corrected chi connectivity index (χ1v) is 6.18. The lowest BCUT2D eigenvalue weighted by Gasteiger charge is -2.37. The van der Waals surface area contributed by atoms with Crippen molar-refractivity contribution in [2.24, 2.45) is 0 Å². The fraction of sp³-hybridized carbons (Fsp3) is 0.571. The highest BCUT2D eigenvalue weighted by molar-refractivity contribution is 5.14. The highest BCUT2D eigenvalue weighted by Crippen LogP contribution is 2.15. The van der Waals surface area contributed by atoms with Crippen molar-refractivity contribution in [2.45, 2.75) is 25.6 Å². The van der Waals surface area contributed by atoms with Gasteiger partial charge in [-0.3, -0.25) is 4.90 Å². The van der Waals surface area contributed by atoms with Crippen LogP contribution in [0, 0.1) is 0 Å². The number of ether oxygens (including phenoxy) is 2. The normalized spacial score (nSPS) is 26.0. The number of methoxy groups -OCH3 is 1. The zero-order valence-corrected chi connectivity index (χ0v) is 10.6. The lowest BCUT2D eigenvalue weighted by molar-refractivity contribution is -0.0867. The molecule has 1 fully saturated rings. The van der Waals surface area contributed by atoms with Crippen molar-refractivity contribution in [1.82, 2.24) is 4.90 Å². The first-order chi connectivity index (χ1) is 8.29. The Morgan fingerprint density at radius 1 is 1.35 bits per heavy atom. The zero-order chi connectivity index (χ0) is 12.1. The molecule has 0 aliphatic carbocycles. The van der Waals surface area contributed by atoms with Crippen molar-refractivity contribution in [1.29, 1.82) is 0 Å². The van der Waals surface area contributed by atoms with Crippen LogP contribution in [0.5, 0.6) is 0 Å². The Balaban J connectivity index is 1.94. The first-order valence-electron chi connectivity index (χ1n) is 6.18. The van der Waals surface area contributed by atoms with E-state index in [4.69, 9.17) is 9.47 Å². The van der Waals surface area contributed by atoms with E-state index in [1.54, 1.807) is 7.11 Å². The molecule has 3 heteroatoms. The van der Waals surface area contributed by atoms with Crippen LogP contribution < -0.4 is 0 Å². The number of hydrogen-bond acceptors (Lipinski definition) is 3. The van der Waals surface area contributed by atoms with E-state index >= 15 is 0 Å². The van der Waals surface area contributed by atoms with Crippen LogP contribution in [0.15, 0.2) is 30.3 Å². The van der Waals surface area contributed by atoms with Crippen molar-refractivity contribution in [2.75, 3.05) is 26.9 Å². The Bertz CT molecular complexity index is 328. The maximum Gasteiger partial charge on any atom is 0.0935 e. The molecule has 94 valence electrons. The van der Waals surface area contributed by atoms with Gasteiger partial charge in [0.2, 0.25) is 0 Å². The molecule has 1 aliphatic heterocycles. The van der Waals surface area contributed by atoms with Crippen molar-refractivity contribution >= 4 is 0 Å². The average molecular weight is 235 g/mol. The number of morpholine rings is 1. The van der Waals surface area contributed by atoms with Gasteiger partial charge in [-0.1, -0.05) is 30.3 Å². The first kappa shape index (κ1) is 12.6. The smallest absolute Gasteiger partial charge is 0.0935 e. The number of rotatable bonds is 4. The fourth-order valence-electron chi connectivity index (χ4n) is 2.20. The van der Waals surface area contributed by atoms with Gasteiger partial charge in [-0.2, -0.15) is 0 Å². The van der Waals surface area contributed by atoms with Gasteiger partial charge < -0.3 is 9.47 Å².